The molecule has 1 aromatic rings. The van der Waals surface area contributed by atoms with Gasteiger partial charge in [0.05, 0.1) is 15.9 Å². The van der Waals surface area contributed by atoms with E-state index >= 15 is 0 Å². The number of aryl methyl sites for hydroxylation is 2. The third-order valence-electron chi connectivity index (χ3n) is 4.74. The van der Waals surface area contributed by atoms with Gasteiger partial charge in [-0.1, -0.05) is 6.92 Å². The quantitative estimate of drug-likeness (QED) is 0.913. The van der Waals surface area contributed by atoms with E-state index in [0.717, 1.165) is 25.4 Å². The molecule has 0 bridgehead atoms. The highest BCUT2D eigenvalue weighted by Gasteiger charge is 2.34. The fourth-order valence-corrected chi connectivity index (χ4v) is 4.34. The normalized spacial score (nSPS) is 26.9. The summed E-state index contributed by atoms with van der Waals surface area (Å²) in [6.07, 6.45) is 3.72. The number of fused-ring (bicyclic) bond motifs is 1. The van der Waals surface area contributed by atoms with Crippen LogP contribution in [-0.4, -0.2) is 40.4 Å². The van der Waals surface area contributed by atoms with Crippen molar-refractivity contribution < 1.29 is 0 Å². The maximum atomic E-state index is 4.71. The van der Waals surface area contributed by atoms with Gasteiger partial charge in [0.1, 0.15) is 0 Å². The number of aromatic nitrogens is 2. The molecule has 2 aliphatic rings. The zero-order valence-electron chi connectivity index (χ0n) is 12.5. The highest BCUT2D eigenvalue weighted by molar-refractivity contribution is 9.10. The first-order valence-electron chi connectivity index (χ1n) is 7.92. The molecule has 0 saturated carbocycles. The Morgan fingerprint density at radius 3 is 2.90 bits per heavy atom. The molecule has 20 heavy (non-hydrogen) atoms. The van der Waals surface area contributed by atoms with Gasteiger partial charge >= 0.3 is 0 Å². The third-order valence-corrected chi connectivity index (χ3v) is 5.66. The molecule has 2 aliphatic heterocycles. The molecule has 5 heteroatoms. The second kappa shape index (κ2) is 6.16. The molecule has 4 nitrogen and oxygen atoms in total. The summed E-state index contributed by atoms with van der Waals surface area (Å²) in [6.45, 7) is 9.95. The number of piperidine rings is 1. The standard InChI is InChI=1S/C15H25BrN4/c1-3-12-15(16)14(20(4-2)18-12)10-19-8-11-6-5-7-17-13(11)9-19/h11,13,17H,3-10H2,1-2H3/t11-,13+/m0/s1. The van der Waals surface area contributed by atoms with E-state index in [1.54, 1.807) is 0 Å². The first kappa shape index (κ1) is 14.5. The summed E-state index contributed by atoms with van der Waals surface area (Å²) in [5, 5.41) is 8.39. The molecule has 0 radical (unpaired) electrons. The number of likely N-dealkylation sites (tertiary alicyclic amines) is 1. The molecule has 1 N–H and O–H groups in total. The summed E-state index contributed by atoms with van der Waals surface area (Å²) in [5.74, 6) is 0.853. The van der Waals surface area contributed by atoms with Crippen molar-refractivity contribution in [3.8, 4) is 0 Å². The fourth-order valence-electron chi connectivity index (χ4n) is 3.65. The summed E-state index contributed by atoms with van der Waals surface area (Å²) < 4.78 is 3.39. The lowest BCUT2D eigenvalue weighted by molar-refractivity contribution is 0.302. The zero-order chi connectivity index (χ0) is 14.1. The van der Waals surface area contributed by atoms with Crippen LogP contribution < -0.4 is 5.32 Å². The minimum absolute atomic E-state index is 0.714. The average Bonchev–Trinajstić information content (AvgIpc) is 3.01. The van der Waals surface area contributed by atoms with Crippen molar-refractivity contribution in [3.05, 3.63) is 15.9 Å². The monoisotopic (exact) mass is 340 g/mol. The van der Waals surface area contributed by atoms with Crippen LogP contribution >= 0.6 is 15.9 Å². The van der Waals surface area contributed by atoms with Gasteiger partial charge in [-0.15, -0.1) is 0 Å². The third kappa shape index (κ3) is 2.68. The Kier molecular flexibility index (Phi) is 4.48. The first-order valence-corrected chi connectivity index (χ1v) is 8.72. The van der Waals surface area contributed by atoms with Crippen LogP contribution in [0.4, 0.5) is 0 Å². The summed E-state index contributed by atoms with van der Waals surface area (Å²) in [7, 11) is 0. The molecule has 0 spiro atoms. The van der Waals surface area contributed by atoms with Crippen LogP contribution in [0.1, 0.15) is 38.1 Å². The van der Waals surface area contributed by atoms with Crippen molar-refractivity contribution in [1.82, 2.24) is 20.0 Å². The van der Waals surface area contributed by atoms with Crippen molar-refractivity contribution in [2.45, 2.75) is 52.2 Å². The van der Waals surface area contributed by atoms with E-state index in [0.29, 0.717) is 6.04 Å². The van der Waals surface area contributed by atoms with Crippen LogP contribution in [-0.2, 0) is 19.5 Å². The Hall–Kier alpha value is -0.390. The Morgan fingerprint density at radius 2 is 2.20 bits per heavy atom. The molecule has 112 valence electrons. The maximum Gasteiger partial charge on any atom is 0.0767 e. The van der Waals surface area contributed by atoms with Gasteiger partial charge in [-0.25, -0.2) is 0 Å². The summed E-state index contributed by atoms with van der Waals surface area (Å²) >= 11 is 3.76. The van der Waals surface area contributed by atoms with Crippen LogP contribution in [0.3, 0.4) is 0 Å². The van der Waals surface area contributed by atoms with Crippen LogP contribution in [0.25, 0.3) is 0 Å². The van der Waals surface area contributed by atoms with Crippen molar-refractivity contribution >= 4 is 15.9 Å². The van der Waals surface area contributed by atoms with Gasteiger partial charge in [0.2, 0.25) is 0 Å². The van der Waals surface area contributed by atoms with E-state index < -0.39 is 0 Å². The predicted molar refractivity (Wildman–Crippen MR) is 84.8 cm³/mol. The van der Waals surface area contributed by atoms with E-state index in [-0.39, 0.29) is 0 Å². The van der Waals surface area contributed by atoms with E-state index in [1.165, 1.54) is 48.3 Å². The highest BCUT2D eigenvalue weighted by atomic mass is 79.9. The van der Waals surface area contributed by atoms with Gasteiger partial charge in [-0.05, 0) is 54.6 Å². The highest BCUT2D eigenvalue weighted by Crippen LogP contribution is 2.29. The minimum atomic E-state index is 0.714. The first-order chi connectivity index (χ1) is 9.72. The van der Waals surface area contributed by atoms with Crippen molar-refractivity contribution in [2.24, 2.45) is 5.92 Å². The van der Waals surface area contributed by atoms with Crippen LogP contribution in [0.2, 0.25) is 0 Å². The van der Waals surface area contributed by atoms with Crippen molar-refractivity contribution in [1.29, 1.82) is 0 Å². The summed E-state index contributed by atoms with van der Waals surface area (Å²) in [6, 6.07) is 0.714. The Balaban J connectivity index is 1.73. The maximum absolute atomic E-state index is 4.71. The van der Waals surface area contributed by atoms with E-state index in [4.69, 9.17) is 5.10 Å². The molecular weight excluding hydrogens is 316 g/mol. The Bertz CT molecular complexity index is 457. The second-order valence-electron chi connectivity index (χ2n) is 6.03. The summed E-state index contributed by atoms with van der Waals surface area (Å²) in [4.78, 5) is 2.60. The van der Waals surface area contributed by atoms with Crippen LogP contribution in [0, 0.1) is 5.92 Å². The number of halogens is 1. The molecule has 3 rings (SSSR count). The molecule has 0 amide bonds. The van der Waals surface area contributed by atoms with Crippen LogP contribution in [0.15, 0.2) is 4.47 Å². The second-order valence-corrected chi connectivity index (χ2v) is 6.83. The fraction of sp³-hybridized carbons (Fsp3) is 0.800. The van der Waals surface area contributed by atoms with Crippen LogP contribution in [0.5, 0.6) is 0 Å². The molecule has 3 heterocycles. The Labute approximate surface area is 130 Å². The van der Waals surface area contributed by atoms with E-state index in [2.05, 4.69) is 44.7 Å². The molecule has 2 atom stereocenters. The lowest BCUT2D eigenvalue weighted by Gasteiger charge is -2.24. The molecule has 2 fully saturated rings. The Morgan fingerprint density at radius 1 is 1.35 bits per heavy atom. The smallest absolute Gasteiger partial charge is 0.0767 e. The molecule has 0 aliphatic carbocycles. The number of nitrogens with zero attached hydrogens (tertiary/aromatic N) is 3. The number of nitrogens with one attached hydrogen (secondary N) is 1. The summed E-state index contributed by atoms with van der Waals surface area (Å²) in [5.41, 5.74) is 2.54. The van der Waals surface area contributed by atoms with Crippen molar-refractivity contribution in [3.63, 3.8) is 0 Å². The van der Waals surface area contributed by atoms with E-state index in [1.807, 2.05) is 0 Å². The lowest BCUT2D eigenvalue weighted by atomic mass is 9.94. The average molecular weight is 341 g/mol. The number of hydrogen-bond donors (Lipinski definition) is 1. The molecule has 2 saturated heterocycles. The van der Waals surface area contributed by atoms with Gasteiger partial charge in [-0.2, -0.15) is 5.10 Å². The molecule has 0 aromatic carbocycles. The van der Waals surface area contributed by atoms with Crippen molar-refractivity contribution in [2.75, 3.05) is 19.6 Å². The number of rotatable bonds is 4. The minimum Gasteiger partial charge on any atom is -0.312 e. The van der Waals surface area contributed by atoms with Gasteiger partial charge in [0.15, 0.2) is 0 Å². The van der Waals surface area contributed by atoms with Gasteiger partial charge < -0.3 is 5.32 Å². The SMILES string of the molecule is CCc1nn(CC)c(CN2C[C@@H]3CCCN[C@@H]3C2)c1Br. The molecular formula is C15H25BrN4. The molecule has 1 aromatic heterocycles. The van der Waals surface area contributed by atoms with Gasteiger partial charge in [0, 0.05) is 32.2 Å². The zero-order valence-corrected chi connectivity index (χ0v) is 14.1. The lowest BCUT2D eigenvalue weighted by Crippen LogP contribution is -2.40. The largest absolute Gasteiger partial charge is 0.312 e. The predicted octanol–water partition coefficient (Wildman–Crippen LogP) is 2.41. The van der Waals surface area contributed by atoms with E-state index in [9.17, 15) is 0 Å². The van der Waals surface area contributed by atoms with Gasteiger partial charge in [0.25, 0.3) is 0 Å². The molecule has 0 unspecified atom stereocenters. The topological polar surface area (TPSA) is 33.1 Å². The van der Waals surface area contributed by atoms with Gasteiger partial charge in [-0.3, -0.25) is 9.58 Å². The number of hydrogen-bond acceptors (Lipinski definition) is 3.